The van der Waals surface area contributed by atoms with Crippen LogP contribution in [0.2, 0.25) is 0 Å². The lowest BCUT2D eigenvalue weighted by Crippen LogP contribution is -2.41. The molecule has 1 aliphatic carbocycles. The van der Waals surface area contributed by atoms with Crippen molar-refractivity contribution in [2.24, 2.45) is 0 Å². The van der Waals surface area contributed by atoms with E-state index in [0.29, 0.717) is 18.2 Å². The molecule has 1 amide bonds. The van der Waals surface area contributed by atoms with Crippen molar-refractivity contribution in [1.82, 2.24) is 15.1 Å². The number of nitrogens with zero attached hydrogens (tertiary/aromatic N) is 2. The van der Waals surface area contributed by atoms with Crippen molar-refractivity contribution in [3.8, 4) is 5.75 Å². The van der Waals surface area contributed by atoms with Crippen LogP contribution in [0.3, 0.4) is 0 Å². The van der Waals surface area contributed by atoms with Gasteiger partial charge in [-0.15, -0.1) is 0 Å². The van der Waals surface area contributed by atoms with Gasteiger partial charge < -0.3 is 19.3 Å². The van der Waals surface area contributed by atoms with E-state index in [2.05, 4.69) is 17.1 Å². The SMILES string of the molecule is CCCN(CCCCN1CCNCCC1=O)C1CCc2ccc(OS(=O)(=O)CC)cc2C1. The van der Waals surface area contributed by atoms with E-state index in [1.165, 1.54) is 11.1 Å². The van der Waals surface area contributed by atoms with Gasteiger partial charge >= 0.3 is 10.1 Å². The predicted octanol–water partition coefficient (Wildman–Crippen LogP) is 2.59. The fourth-order valence-electron chi connectivity index (χ4n) is 4.72. The van der Waals surface area contributed by atoms with Gasteiger partial charge in [0.2, 0.25) is 5.91 Å². The molecule has 0 saturated carbocycles. The zero-order valence-corrected chi connectivity index (χ0v) is 20.5. The molecule has 8 heteroatoms. The maximum absolute atomic E-state index is 12.2. The molecule has 1 aliphatic heterocycles. The molecule has 1 unspecified atom stereocenters. The van der Waals surface area contributed by atoms with Gasteiger partial charge in [-0.25, -0.2) is 0 Å². The molecule has 180 valence electrons. The summed E-state index contributed by atoms with van der Waals surface area (Å²) in [5.41, 5.74) is 2.50. The Bertz CT molecular complexity index is 859. The molecule has 1 aromatic rings. The minimum Gasteiger partial charge on any atom is -0.382 e. The topological polar surface area (TPSA) is 79.0 Å². The van der Waals surface area contributed by atoms with Gasteiger partial charge in [-0.2, -0.15) is 8.42 Å². The lowest BCUT2D eigenvalue weighted by atomic mass is 9.87. The lowest BCUT2D eigenvalue weighted by molar-refractivity contribution is -0.130. The number of hydrogen-bond acceptors (Lipinski definition) is 6. The van der Waals surface area contributed by atoms with Gasteiger partial charge in [-0.05, 0) is 81.8 Å². The molecule has 0 radical (unpaired) electrons. The van der Waals surface area contributed by atoms with Crippen LogP contribution in [0.25, 0.3) is 0 Å². The number of hydrogen-bond donors (Lipinski definition) is 1. The van der Waals surface area contributed by atoms with Crippen molar-refractivity contribution in [2.45, 2.75) is 64.8 Å². The van der Waals surface area contributed by atoms with Crippen molar-refractivity contribution < 1.29 is 17.4 Å². The van der Waals surface area contributed by atoms with Gasteiger partial charge in [-0.1, -0.05) is 13.0 Å². The van der Waals surface area contributed by atoms with Crippen molar-refractivity contribution >= 4 is 16.0 Å². The molecule has 1 saturated heterocycles. The summed E-state index contributed by atoms with van der Waals surface area (Å²) < 4.78 is 28.9. The van der Waals surface area contributed by atoms with Gasteiger partial charge in [-0.3, -0.25) is 4.79 Å². The van der Waals surface area contributed by atoms with Gasteiger partial charge in [0.05, 0.1) is 5.75 Å². The summed E-state index contributed by atoms with van der Waals surface area (Å²) >= 11 is 0. The van der Waals surface area contributed by atoms with E-state index in [-0.39, 0.29) is 11.7 Å². The molecule has 0 spiro atoms. The predicted molar refractivity (Wildman–Crippen MR) is 128 cm³/mol. The summed E-state index contributed by atoms with van der Waals surface area (Å²) in [6.45, 7) is 9.25. The van der Waals surface area contributed by atoms with Crippen LogP contribution < -0.4 is 9.50 Å². The first-order chi connectivity index (χ1) is 15.4. The summed E-state index contributed by atoms with van der Waals surface area (Å²) in [7, 11) is -3.51. The van der Waals surface area contributed by atoms with Crippen LogP contribution in [0.1, 0.15) is 57.1 Å². The molecule has 1 fully saturated rings. The monoisotopic (exact) mass is 465 g/mol. The Morgan fingerprint density at radius 3 is 2.75 bits per heavy atom. The van der Waals surface area contributed by atoms with Crippen LogP contribution in [0.15, 0.2) is 18.2 Å². The van der Waals surface area contributed by atoms with Crippen LogP contribution in [0, 0.1) is 0 Å². The Balaban J connectivity index is 1.55. The number of nitrogens with one attached hydrogen (secondary N) is 1. The smallest absolute Gasteiger partial charge is 0.308 e. The fourth-order valence-corrected chi connectivity index (χ4v) is 5.23. The van der Waals surface area contributed by atoms with E-state index >= 15 is 0 Å². The first-order valence-corrected chi connectivity index (χ1v) is 13.8. The number of aryl methyl sites for hydroxylation is 1. The highest BCUT2D eigenvalue weighted by molar-refractivity contribution is 7.87. The Kier molecular flexibility index (Phi) is 9.37. The quantitative estimate of drug-likeness (QED) is 0.400. The summed E-state index contributed by atoms with van der Waals surface area (Å²) in [6.07, 6.45) is 6.88. The van der Waals surface area contributed by atoms with E-state index < -0.39 is 10.1 Å². The minimum atomic E-state index is -3.51. The summed E-state index contributed by atoms with van der Waals surface area (Å²) in [4.78, 5) is 16.8. The van der Waals surface area contributed by atoms with Crippen molar-refractivity contribution in [3.05, 3.63) is 29.3 Å². The molecule has 2 aliphatic rings. The second-order valence-electron chi connectivity index (χ2n) is 8.88. The lowest BCUT2D eigenvalue weighted by Gasteiger charge is -2.35. The van der Waals surface area contributed by atoms with Gasteiger partial charge in [0.25, 0.3) is 0 Å². The van der Waals surface area contributed by atoms with Crippen LogP contribution in [-0.2, 0) is 27.8 Å². The zero-order chi connectivity index (χ0) is 23.0. The third-order valence-electron chi connectivity index (χ3n) is 6.53. The molecule has 1 aromatic carbocycles. The number of unbranched alkanes of at least 4 members (excludes halogenated alkanes) is 1. The van der Waals surface area contributed by atoms with E-state index in [1.807, 2.05) is 17.0 Å². The van der Waals surface area contributed by atoms with Crippen LogP contribution in [0.4, 0.5) is 0 Å². The van der Waals surface area contributed by atoms with E-state index in [4.69, 9.17) is 4.18 Å². The highest BCUT2D eigenvalue weighted by atomic mass is 32.2. The largest absolute Gasteiger partial charge is 0.382 e. The van der Waals surface area contributed by atoms with Crippen molar-refractivity contribution in [3.63, 3.8) is 0 Å². The molecule has 0 aromatic heterocycles. The number of amides is 1. The van der Waals surface area contributed by atoms with Gasteiger partial charge in [0, 0.05) is 38.6 Å². The number of rotatable bonds is 11. The molecule has 0 bridgehead atoms. The maximum Gasteiger partial charge on any atom is 0.308 e. The first-order valence-electron chi connectivity index (χ1n) is 12.2. The summed E-state index contributed by atoms with van der Waals surface area (Å²) in [5.74, 6) is 0.661. The van der Waals surface area contributed by atoms with Crippen LogP contribution in [0.5, 0.6) is 5.75 Å². The summed E-state index contributed by atoms with van der Waals surface area (Å²) in [5, 5.41) is 3.29. The molecule has 32 heavy (non-hydrogen) atoms. The molecule has 3 rings (SSSR count). The van der Waals surface area contributed by atoms with Crippen molar-refractivity contribution in [1.29, 1.82) is 0 Å². The number of carbonyl (C=O) groups is 1. The standard InChI is InChI=1S/C24H39N3O4S/c1-3-14-26(15-5-6-16-27-17-13-25-12-11-24(27)28)22-9-7-20-8-10-23(19-21(20)18-22)31-32(29,30)4-2/h8,10,19,22,25H,3-7,9,11-18H2,1-2H3. The first kappa shape index (κ1) is 25.0. The molecule has 1 N–H and O–H groups in total. The van der Waals surface area contributed by atoms with Gasteiger partial charge in [0.1, 0.15) is 5.75 Å². The average Bonchev–Trinajstić information content (AvgIpc) is 2.99. The summed E-state index contributed by atoms with van der Waals surface area (Å²) in [6, 6.07) is 6.17. The molecule has 1 atom stereocenters. The fraction of sp³-hybridized carbons (Fsp3) is 0.708. The van der Waals surface area contributed by atoms with E-state index in [1.54, 1.807) is 13.0 Å². The number of fused-ring (bicyclic) bond motifs is 1. The Morgan fingerprint density at radius 2 is 1.97 bits per heavy atom. The average molecular weight is 466 g/mol. The molecule has 7 nitrogen and oxygen atoms in total. The Labute approximate surface area is 193 Å². The highest BCUT2D eigenvalue weighted by Crippen LogP contribution is 2.29. The van der Waals surface area contributed by atoms with Crippen LogP contribution in [-0.4, -0.2) is 75.2 Å². The Hall–Kier alpha value is -1.64. The maximum atomic E-state index is 12.2. The van der Waals surface area contributed by atoms with Crippen molar-refractivity contribution in [2.75, 3.05) is 45.0 Å². The second kappa shape index (κ2) is 12.0. The second-order valence-corrected chi connectivity index (χ2v) is 10.7. The third kappa shape index (κ3) is 7.18. The minimum absolute atomic E-state index is 0.0312. The number of benzene rings is 1. The third-order valence-corrected chi connectivity index (χ3v) is 7.69. The van der Waals surface area contributed by atoms with E-state index in [0.717, 1.165) is 77.8 Å². The van der Waals surface area contributed by atoms with Gasteiger partial charge in [0.15, 0.2) is 0 Å². The molecular formula is C24H39N3O4S. The van der Waals surface area contributed by atoms with Crippen LogP contribution >= 0.6 is 0 Å². The molecule has 1 heterocycles. The highest BCUT2D eigenvalue weighted by Gasteiger charge is 2.25. The normalized spacial score (nSPS) is 19.7. The number of carbonyl (C=O) groups excluding carboxylic acids is 1. The zero-order valence-electron chi connectivity index (χ0n) is 19.6. The molecular weight excluding hydrogens is 426 g/mol. The Morgan fingerprint density at radius 1 is 1.12 bits per heavy atom. The van der Waals surface area contributed by atoms with E-state index in [9.17, 15) is 13.2 Å².